The number of quaternary nitrogens is 1. The fourth-order valence-corrected chi connectivity index (χ4v) is 5.11. The van der Waals surface area contributed by atoms with E-state index in [-0.39, 0.29) is 17.7 Å². The molecule has 1 fully saturated rings. The number of hydrogen-bond acceptors (Lipinski definition) is 5. The minimum atomic E-state index is -0.258. The Bertz CT molecular complexity index is 1080. The van der Waals surface area contributed by atoms with E-state index < -0.39 is 0 Å². The molecule has 6 nitrogen and oxygen atoms in total. The summed E-state index contributed by atoms with van der Waals surface area (Å²) in [4.78, 5) is 7.32. The lowest BCUT2D eigenvalue weighted by Gasteiger charge is -2.31. The van der Waals surface area contributed by atoms with Crippen LogP contribution in [0.3, 0.4) is 0 Å². The smallest absolute Gasteiger partial charge is 0.235 e. The molecule has 0 radical (unpaired) electrons. The second kappa shape index (κ2) is 7.03. The highest BCUT2D eigenvalue weighted by Crippen LogP contribution is 2.36. The first-order valence-corrected chi connectivity index (χ1v) is 10.2. The van der Waals surface area contributed by atoms with Crippen LogP contribution >= 0.6 is 11.3 Å². The van der Waals surface area contributed by atoms with Crippen molar-refractivity contribution in [1.82, 2.24) is 14.6 Å². The fourth-order valence-electron chi connectivity index (χ4n) is 3.97. The summed E-state index contributed by atoms with van der Waals surface area (Å²) in [5, 5.41) is 15.4. The lowest BCUT2D eigenvalue weighted by molar-refractivity contribution is -0.929. The van der Waals surface area contributed by atoms with Gasteiger partial charge in [-0.2, -0.15) is 9.50 Å². The number of fused-ring (bicyclic) bond motifs is 1. The Hall–Kier alpha value is -2.71. The Labute approximate surface area is 164 Å². The topological polar surface area (TPSA) is 68.0 Å². The zero-order chi connectivity index (χ0) is 19.1. The van der Waals surface area contributed by atoms with Crippen molar-refractivity contribution in [1.29, 1.82) is 0 Å². The van der Waals surface area contributed by atoms with Crippen molar-refractivity contribution >= 4 is 16.3 Å². The van der Waals surface area contributed by atoms with Crippen molar-refractivity contribution in [2.75, 3.05) is 13.1 Å². The normalized spacial score (nSPS) is 16.6. The van der Waals surface area contributed by atoms with Crippen LogP contribution in [-0.2, 0) is 0 Å². The van der Waals surface area contributed by atoms with E-state index in [2.05, 4.69) is 10.1 Å². The number of nitrogens with zero attached hydrogens (tertiary/aromatic N) is 3. The number of likely N-dealkylation sites (tertiary alicyclic amines) is 1. The SMILES string of the molecule is Oc1c([C@@H](c2ccc(F)cc2)[NH+]2CCCCC2)sc2nc(-c3ccco3)nn12. The first-order valence-electron chi connectivity index (χ1n) is 9.43. The maximum absolute atomic E-state index is 13.5. The first kappa shape index (κ1) is 17.4. The molecule has 4 heterocycles. The predicted octanol–water partition coefficient (Wildman–Crippen LogP) is 3.05. The number of rotatable bonds is 4. The van der Waals surface area contributed by atoms with E-state index in [0.29, 0.717) is 16.5 Å². The average molecular weight is 399 g/mol. The van der Waals surface area contributed by atoms with E-state index in [1.165, 1.54) is 39.3 Å². The number of piperidine rings is 1. The van der Waals surface area contributed by atoms with Crippen LogP contribution in [0.2, 0.25) is 0 Å². The van der Waals surface area contributed by atoms with Gasteiger partial charge in [0.15, 0.2) is 11.8 Å². The molecule has 1 aromatic carbocycles. The molecule has 1 aliphatic rings. The van der Waals surface area contributed by atoms with E-state index in [9.17, 15) is 9.50 Å². The first-order chi connectivity index (χ1) is 13.7. The van der Waals surface area contributed by atoms with Gasteiger partial charge in [0.2, 0.25) is 16.7 Å². The van der Waals surface area contributed by atoms with E-state index in [4.69, 9.17) is 4.42 Å². The Kier molecular flexibility index (Phi) is 4.37. The number of hydrogen-bond donors (Lipinski definition) is 2. The Morgan fingerprint density at radius 3 is 2.61 bits per heavy atom. The molecule has 0 unspecified atom stereocenters. The van der Waals surface area contributed by atoms with Crippen molar-refractivity contribution in [3.8, 4) is 17.5 Å². The highest BCUT2D eigenvalue weighted by Gasteiger charge is 2.33. The largest absolute Gasteiger partial charge is 0.492 e. The monoisotopic (exact) mass is 399 g/mol. The molecule has 144 valence electrons. The summed E-state index contributed by atoms with van der Waals surface area (Å²) in [6, 6.07) is 10.1. The number of halogens is 1. The summed E-state index contributed by atoms with van der Waals surface area (Å²) < 4.78 is 20.3. The second-order valence-electron chi connectivity index (χ2n) is 7.10. The van der Waals surface area contributed by atoms with E-state index in [1.807, 2.05) is 12.1 Å². The molecule has 0 amide bonds. The molecule has 4 aromatic rings. The minimum absolute atomic E-state index is 0.0681. The molecule has 0 spiro atoms. The summed E-state index contributed by atoms with van der Waals surface area (Å²) >= 11 is 1.43. The van der Waals surface area contributed by atoms with Crippen molar-refractivity contribution in [2.45, 2.75) is 25.3 Å². The molecule has 2 N–H and O–H groups in total. The third-order valence-corrected chi connectivity index (χ3v) is 6.40. The summed E-state index contributed by atoms with van der Waals surface area (Å²) in [6.45, 7) is 2.04. The van der Waals surface area contributed by atoms with Crippen LogP contribution in [0.1, 0.15) is 35.7 Å². The third kappa shape index (κ3) is 2.98. The molecular formula is C20H20FN4O2S+. The van der Waals surface area contributed by atoms with E-state index in [0.717, 1.165) is 36.4 Å². The lowest BCUT2D eigenvalue weighted by Crippen LogP contribution is -3.13. The van der Waals surface area contributed by atoms with Gasteiger partial charge in [-0.1, -0.05) is 11.3 Å². The van der Waals surface area contributed by atoms with Gasteiger partial charge in [0.05, 0.1) is 19.4 Å². The molecule has 1 atom stereocenters. The van der Waals surface area contributed by atoms with Crippen LogP contribution in [-0.4, -0.2) is 32.8 Å². The molecule has 0 bridgehead atoms. The number of nitrogens with one attached hydrogen (secondary N) is 1. The Morgan fingerprint density at radius 1 is 1.14 bits per heavy atom. The van der Waals surface area contributed by atoms with Crippen LogP contribution in [0.5, 0.6) is 5.88 Å². The van der Waals surface area contributed by atoms with Crippen LogP contribution in [0.25, 0.3) is 16.5 Å². The Morgan fingerprint density at radius 2 is 1.93 bits per heavy atom. The van der Waals surface area contributed by atoms with Crippen LogP contribution in [0.4, 0.5) is 4.39 Å². The van der Waals surface area contributed by atoms with Gasteiger partial charge in [-0.15, -0.1) is 5.10 Å². The van der Waals surface area contributed by atoms with E-state index >= 15 is 0 Å². The van der Waals surface area contributed by atoms with Crippen molar-refractivity contribution < 1.29 is 18.8 Å². The van der Waals surface area contributed by atoms with Gasteiger partial charge in [0.25, 0.3) is 0 Å². The molecule has 1 aliphatic heterocycles. The van der Waals surface area contributed by atoms with E-state index in [1.54, 1.807) is 18.4 Å². The van der Waals surface area contributed by atoms with Gasteiger partial charge in [0, 0.05) is 5.56 Å². The zero-order valence-corrected chi connectivity index (χ0v) is 16.0. The van der Waals surface area contributed by atoms with Gasteiger partial charge in [-0.3, -0.25) is 0 Å². The molecular weight excluding hydrogens is 379 g/mol. The Balaban J connectivity index is 1.59. The van der Waals surface area contributed by atoms with Crippen LogP contribution < -0.4 is 4.90 Å². The second-order valence-corrected chi connectivity index (χ2v) is 8.11. The maximum Gasteiger partial charge on any atom is 0.235 e. The van der Waals surface area contributed by atoms with Gasteiger partial charge < -0.3 is 14.4 Å². The molecule has 28 heavy (non-hydrogen) atoms. The maximum atomic E-state index is 13.5. The molecule has 0 saturated carbocycles. The van der Waals surface area contributed by atoms with Crippen molar-refractivity contribution in [2.24, 2.45) is 0 Å². The molecule has 3 aromatic heterocycles. The van der Waals surface area contributed by atoms with Crippen molar-refractivity contribution in [3.05, 3.63) is 58.9 Å². The van der Waals surface area contributed by atoms with Gasteiger partial charge in [0.1, 0.15) is 10.7 Å². The fraction of sp³-hybridized carbons (Fsp3) is 0.300. The van der Waals surface area contributed by atoms with Crippen LogP contribution in [0.15, 0.2) is 47.1 Å². The number of thiazole rings is 1. The molecule has 5 rings (SSSR count). The summed E-state index contributed by atoms with van der Waals surface area (Å²) in [5.74, 6) is 0.846. The highest BCUT2D eigenvalue weighted by molar-refractivity contribution is 7.17. The average Bonchev–Trinajstić information content (AvgIpc) is 3.43. The van der Waals surface area contributed by atoms with Crippen molar-refractivity contribution in [3.63, 3.8) is 0 Å². The minimum Gasteiger partial charge on any atom is -0.492 e. The van der Waals surface area contributed by atoms with Gasteiger partial charge >= 0.3 is 0 Å². The summed E-state index contributed by atoms with van der Waals surface area (Å²) in [5.41, 5.74) is 0.990. The van der Waals surface area contributed by atoms with Gasteiger partial charge in [-0.05, 0) is 55.7 Å². The highest BCUT2D eigenvalue weighted by atomic mass is 32.1. The molecule has 1 saturated heterocycles. The molecule has 8 heteroatoms. The quantitative estimate of drug-likeness (QED) is 0.554. The number of aromatic hydroxyl groups is 1. The van der Waals surface area contributed by atoms with Crippen LogP contribution in [0, 0.1) is 5.82 Å². The zero-order valence-electron chi connectivity index (χ0n) is 15.1. The third-order valence-electron chi connectivity index (χ3n) is 5.31. The number of furan rings is 1. The molecule has 0 aliphatic carbocycles. The number of aromatic nitrogens is 3. The summed E-state index contributed by atoms with van der Waals surface area (Å²) in [7, 11) is 0. The predicted molar refractivity (Wildman–Crippen MR) is 103 cm³/mol. The lowest BCUT2D eigenvalue weighted by atomic mass is 10.0. The van der Waals surface area contributed by atoms with Gasteiger partial charge in [-0.25, -0.2) is 4.39 Å². The number of benzene rings is 1. The summed E-state index contributed by atoms with van der Waals surface area (Å²) in [6.07, 6.45) is 5.10. The standard InChI is InChI=1S/C20H19FN4O2S/c21-14-8-6-13(7-9-14)16(24-10-2-1-3-11-24)17-19(26)25-20(28-17)22-18(23-25)15-5-4-12-27-15/h4-9,12,16,26H,1-3,10-11H2/p+1/t16-/m1/s1.